The summed E-state index contributed by atoms with van der Waals surface area (Å²) in [4.78, 5) is 32.8. The van der Waals surface area contributed by atoms with Gasteiger partial charge in [-0.2, -0.15) is 13.2 Å². The Balaban J connectivity index is 0.000000557. The highest BCUT2D eigenvalue weighted by Gasteiger charge is 2.31. The lowest BCUT2D eigenvalue weighted by molar-refractivity contribution is -0.143. The van der Waals surface area contributed by atoms with E-state index in [1.54, 1.807) is 23.9 Å². The standard InChI is InChI=1S/C26H23ClF4N2OS.C4H6O4/c27-22-8-6-17-9-11-32-12-10-21(17)24(22)35-15-16-1-3-18(4-2-16)25(34)33-14-19-5-7-20(13-23(19)28)26(29,30)31;5-3(6)1-2-4(7)8/h1-8,13,32H,9-12,14-15H2,(H,33,34);1-2H2,(H,5,6)(H,7,8). The molecule has 1 aliphatic rings. The molecular weight excluding hydrogens is 612 g/mol. The van der Waals surface area contributed by atoms with E-state index >= 15 is 0 Å². The topological polar surface area (TPSA) is 116 Å². The number of fused-ring (bicyclic) bond motifs is 1. The Hall–Kier alpha value is -3.61. The van der Waals surface area contributed by atoms with Crippen LogP contribution in [-0.2, 0) is 40.9 Å². The molecule has 0 saturated carbocycles. The minimum atomic E-state index is -4.62. The van der Waals surface area contributed by atoms with Crippen LogP contribution in [0.25, 0.3) is 0 Å². The third-order valence-electron chi connectivity index (χ3n) is 6.40. The van der Waals surface area contributed by atoms with Crippen molar-refractivity contribution in [2.45, 2.75) is 49.1 Å². The number of hydrogen-bond donors (Lipinski definition) is 4. The van der Waals surface area contributed by atoms with Crippen molar-refractivity contribution in [1.29, 1.82) is 0 Å². The van der Waals surface area contributed by atoms with E-state index in [9.17, 15) is 31.9 Å². The lowest BCUT2D eigenvalue weighted by Crippen LogP contribution is -2.23. The number of thioether (sulfide) groups is 1. The number of nitrogens with one attached hydrogen (secondary N) is 2. The molecule has 0 bridgehead atoms. The molecule has 0 spiro atoms. The molecule has 13 heteroatoms. The smallest absolute Gasteiger partial charge is 0.416 e. The molecule has 0 fully saturated rings. The maximum Gasteiger partial charge on any atom is 0.416 e. The Morgan fingerprint density at radius 3 is 2.19 bits per heavy atom. The molecule has 4 rings (SSSR count). The molecule has 0 saturated heterocycles. The van der Waals surface area contributed by atoms with Gasteiger partial charge >= 0.3 is 18.1 Å². The molecule has 0 aromatic heterocycles. The van der Waals surface area contributed by atoms with Gasteiger partial charge in [0.25, 0.3) is 5.91 Å². The molecule has 3 aromatic carbocycles. The Morgan fingerprint density at radius 2 is 1.58 bits per heavy atom. The van der Waals surface area contributed by atoms with Gasteiger partial charge in [0.15, 0.2) is 0 Å². The molecule has 0 aliphatic carbocycles. The lowest BCUT2D eigenvalue weighted by atomic mass is 10.0. The fourth-order valence-electron chi connectivity index (χ4n) is 4.13. The fraction of sp³-hybridized carbons (Fsp3) is 0.300. The van der Waals surface area contributed by atoms with Crippen molar-refractivity contribution in [1.82, 2.24) is 10.6 Å². The first-order valence-corrected chi connectivity index (χ1v) is 14.5. The largest absolute Gasteiger partial charge is 0.481 e. The zero-order valence-electron chi connectivity index (χ0n) is 22.8. The van der Waals surface area contributed by atoms with Gasteiger partial charge in [0.05, 0.1) is 23.4 Å². The van der Waals surface area contributed by atoms with E-state index in [2.05, 4.69) is 16.7 Å². The van der Waals surface area contributed by atoms with Crippen LogP contribution in [0.1, 0.15) is 51.0 Å². The highest BCUT2D eigenvalue weighted by Crippen LogP contribution is 2.36. The summed E-state index contributed by atoms with van der Waals surface area (Å²) in [5, 5.41) is 22.5. The summed E-state index contributed by atoms with van der Waals surface area (Å²) >= 11 is 8.17. The number of amides is 1. The molecule has 1 amide bonds. The van der Waals surface area contributed by atoms with Crippen LogP contribution in [0.2, 0.25) is 5.02 Å². The van der Waals surface area contributed by atoms with Gasteiger partial charge in [0, 0.05) is 28.3 Å². The molecular formula is C30H29ClF4N2O5S. The second-order valence-electron chi connectivity index (χ2n) is 9.52. The van der Waals surface area contributed by atoms with Crippen molar-refractivity contribution in [3.63, 3.8) is 0 Å². The Morgan fingerprint density at radius 1 is 0.930 bits per heavy atom. The third-order valence-corrected chi connectivity index (χ3v) is 8.06. The van der Waals surface area contributed by atoms with Crippen LogP contribution in [-0.4, -0.2) is 41.1 Å². The van der Waals surface area contributed by atoms with Gasteiger partial charge in [-0.3, -0.25) is 14.4 Å². The number of alkyl halides is 3. The van der Waals surface area contributed by atoms with Crippen LogP contribution in [0.4, 0.5) is 17.6 Å². The van der Waals surface area contributed by atoms with Crippen LogP contribution in [0.15, 0.2) is 59.5 Å². The monoisotopic (exact) mass is 640 g/mol. The maximum absolute atomic E-state index is 14.0. The molecule has 3 aromatic rings. The van der Waals surface area contributed by atoms with Crippen molar-refractivity contribution in [2.75, 3.05) is 13.1 Å². The number of halogens is 5. The Labute approximate surface area is 254 Å². The van der Waals surface area contributed by atoms with E-state index in [0.29, 0.717) is 17.4 Å². The lowest BCUT2D eigenvalue weighted by Gasteiger charge is -2.14. The number of rotatable bonds is 9. The predicted octanol–water partition coefficient (Wildman–Crippen LogP) is 6.34. The van der Waals surface area contributed by atoms with Gasteiger partial charge in [-0.25, -0.2) is 4.39 Å². The van der Waals surface area contributed by atoms with E-state index in [-0.39, 0.29) is 24.9 Å². The first kappa shape index (κ1) is 33.9. The summed E-state index contributed by atoms with van der Waals surface area (Å²) in [6, 6.07) is 13.3. The summed E-state index contributed by atoms with van der Waals surface area (Å²) in [6.45, 7) is 1.65. The molecule has 4 N–H and O–H groups in total. The summed E-state index contributed by atoms with van der Waals surface area (Å²) in [5.41, 5.74) is 2.92. The zero-order valence-corrected chi connectivity index (χ0v) is 24.3. The Bertz CT molecular complexity index is 1440. The summed E-state index contributed by atoms with van der Waals surface area (Å²) in [5.74, 6) is -2.92. The van der Waals surface area contributed by atoms with Gasteiger partial charge in [0.2, 0.25) is 0 Å². The molecule has 7 nitrogen and oxygen atoms in total. The molecule has 1 heterocycles. The first-order valence-electron chi connectivity index (χ1n) is 13.1. The number of benzene rings is 3. The average Bonchev–Trinajstić information content (AvgIpc) is 3.21. The number of carboxylic acids is 2. The zero-order chi connectivity index (χ0) is 31.6. The van der Waals surface area contributed by atoms with Crippen LogP contribution in [0.5, 0.6) is 0 Å². The van der Waals surface area contributed by atoms with Crippen molar-refractivity contribution in [2.24, 2.45) is 0 Å². The number of carbonyl (C=O) groups excluding carboxylic acids is 1. The van der Waals surface area contributed by atoms with Gasteiger partial charge < -0.3 is 20.8 Å². The summed E-state index contributed by atoms with van der Waals surface area (Å²) in [7, 11) is 0. The van der Waals surface area contributed by atoms with Crippen molar-refractivity contribution in [3.8, 4) is 0 Å². The Kier molecular flexibility index (Phi) is 12.4. The minimum Gasteiger partial charge on any atom is -0.481 e. The van der Waals surface area contributed by atoms with E-state index in [0.717, 1.165) is 53.5 Å². The molecule has 230 valence electrons. The predicted molar refractivity (Wildman–Crippen MR) is 155 cm³/mol. The van der Waals surface area contributed by atoms with Gasteiger partial charge in [-0.05, 0) is 73.0 Å². The van der Waals surface area contributed by atoms with Gasteiger partial charge in [0.1, 0.15) is 5.82 Å². The second kappa shape index (κ2) is 15.7. The number of aliphatic carboxylic acids is 2. The highest BCUT2D eigenvalue weighted by molar-refractivity contribution is 7.98. The van der Waals surface area contributed by atoms with E-state index in [1.807, 2.05) is 18.2 Å². The summed E-state index contributed by atoms with van der Waals surface area (Å²) in [6.07, 6.45) is -3.31. The molecule has 0 unspecified atom stereocenters. The molecule has 0 atom stereocenters. The molecule has 1 aliphatic heterocycles. The average molecular weight is 641 g/mol. The normalized spacial score (nSPS) is 12.8. The van der Waals surface area contributed by atoms with Crippen LogP contribution in [0.3, 0.4) is 0 Å². The van der Waals surface area contributed by atoms with Gasteiger partial charge in [-0.15, -0.1) is 11.8 Å². The summed E-state index contributed by atoms with van der Waals surface area (Å²) < 4.78 is 52.0. The van der Waals surface area contributed by atoms with Crippen molar-refractivity contribution >= 4 is 41.2 Å². The SMILES string of the molecule is O=C(NCc1ccc(C(F)(F)F)cc1F)c1ccc(CSc2c(Cl)ccc3c2CCNCC3)cc1.O=C(O)CCC(=O)O. The van der Waals surface area contributed by atoms with Crippen LogP contribution in [0, 0.1) is 5.82 Å². The van der Waals surface area contributed by atoms with Crippen molar-refractivity contribution < 1.29 is 42.2 Å². The van der Waals surface area contributed by atoms with Crippen LogP contribution < -0.4 is 10.6 Å². The minimum absolute atomic E-state index is 0.0200. The first-order chi connectivity index (χ1) is 20.3. The molecule has 43 heavy (non-hydrogen) atoms. The highest BCUT2D eigenvalue weighted by atomic mass is 35.5. The number of carbonyl (C=O) groups is 3. The second-order valence-corrected chi connectivity index (χ2v) is 10.9. The number of hydrogen-bond acceptors (Lipinski definition) is 5. The van der Waals surface area contributed by atoms with E-state index in [1.165, 1.54) is 11.1 Å². The third kappa shape index (κ3) is 10.6. The van der Waals surface area contributed by atoms with Crippen LogP contribution >= 0.6 is 23.4 Å². The van der Waals surface area contributed by atoms with E-state index in [4.69, 9.17) is 21.8 Å². The van der Waals surface area contributed by atoms with Gasteiger partial charge in [-0.1, -0.05) is 35.9 Å². The maximum atomic E-state index is 14.0. The van der Waals surface area contributed by atoms with E-state index < -0.39 is 35.4 Å². The van der Waals surface area contributed by atoms with Crippen molar-refractivity contribution in [3.05, 3.63) is 98.8 Å². The number of carboxylic acid groups (broad SMARTS) is 2. The molecule has 0 radical (unpaired) electrons. The fourth-order valence-corrected chi connectivity index (χ4v) is 5.59. The quantitative estimate of drug-likeness (QED) is 0.159.